The number of rotatable bonds is 4. The molecule has 1 aromatic rings. The maximum atomic E-state index is 12.0. The van der Waals surface area contributed by atoms with Crippen LogP contribution in [0.2, 0.25) is 0 Å². The number of pyridine rings is 1. The molecule has 1 heterocycles. The highest BCUT2D eigenvalue weighted by Gasteiger charge is 2.14. The molecule has 88 valence electrons. The van der Waals surface area contributed by atoms with E-state index in [0.29, 0.717) is 16.7 Å². The zero-order chi connectivity index (χ0) is 12.1. The molecule has 0 saturated carbocycles. The largest absolute Gasteiger partial charge is 0.340 e. The second-order valence-electron chi connectivity index (χ2n) is 3.87. The normalized spacial score (nSPS) is 10.6. The fourth-order valence-electron chi connectivity index (χ4n) is 1.20. The minimum atomic E-state index is -0.0122. The van der Waals surface area contributed by atoms with E-state index in [4.69, 9.17) is 0 Å². The third kappa shape index (κ3) is 3.57. The van der Waals surface area contributed by atoms with Crippen molar-refractivity contribution in [2.24, 2.45) is 0 Å². The molecule has 0 aliphatic carbocycles. The van der Waals surface area contributed by atoms with Gasteiger partial charge in [0.2, 0.25) is 0 Å². The molecule has 0 spiro atoms. The van der Waals surface area contributed by atoms with Crippen LogP contribution in [0.25, 0.3) is 0 Å². The van der Waals surface area contributed by atoms with Crippen LogP contribution in [0.3, 0.4) is 0 Å². The minimum Gasteiger partial charge on any atom is -0.340 e. The molecule has 0 aliphatic heterocycles. The van der Waals surface area contributed by atoms with Gasteiger partial charge in [-0.25, -0.2) is 4.98 Å². The molecule has 0 N–H and O–H groups in total. The van der Waals surface area contributed by atoms with E-state index in [1.54, 1.807) is 30.3 Å². The summed E-state index contributed by atoms with van der Waals surface area (Å²) in [5, 5.41) is 0. The Morgan fingerprint density at radius 2 is 2.06 bits per heavy atom. The molecular weight excluding hydrogens is 270 g/mol. The van der Waals surface area contributed by atoms with Gasteiger partial charge in [0.15, 0.2) is 0 Å². The summed E-state index contributed by atoms with van der Waals surface area (Å²) in [7, 11) is 5.77. The van der Waals surface area contributed by atoms with E-state index >= 15 is 0 Å². The SMILES string of the molecule is CN(C)CCN(C)C(=O)c1cccnc1Br. The van der Waals surface area contributed by atoms with E-state index in [-0.39, 0.29) is 5.91 Å². The van der Waals surface area contributed by atoms with Crippen molar-refractivity contribution < 1.29 is 4.79 Å². The fourth-order valence-corrected chi connectivity index (χ4v) is 1.62. The third-order valence-corrected chi connectivity index (χ3v) is 2.85. The predicted octanol–water partition coefficient (Wildman–Crippen LogP) is 1.48. The van der Waals surface area contributed by atoms with Gasteiger partial charge in [0.05, 0.1) is 5.56 Å². The summed E-state index contributed by atoms with van der Waals surface area (Å²) in [6, 6.07) is 3.53. The molecule has 16 heavy (non-hydrogen) atoms. The van der Waals surface area contributed by atoms with Crippen molar-refractivity contribution >= 4 is 21.8 Å². The van der Waals surface area contributed by atoms with Crippen LogP contribution in [0, 0.1) is 0 Å². The van der Waals surface area contributed by atoms with Crippen LogP contribution in [0.4, 0.5) is 0 Å². The summed E-state index contributed by atoms with van der Waals surface area (Å²) in [4.78, 5) is 19.8. The van der Waals surface area contributed by atoms with Crippen molar-refractivity contribution in [2.45, 2.75) is 0 Å². The van der Waals surface area contributed by atoms with E-state index in [9.17, 15) is 4.79 Å². The van der Waals surface area contributed by atoms with E-state index in [2.05, 4.69) is 20.9 Å². The van der Waals surface area contributed by atoms with Crippen molar-refractivity contribution in [1.82, 2.24) is 14.8 Å². The van der Waals surface area contributed by atoms with Gasteiger partial charge in [0, 0.05) is 26.3 Å². The topological polar surface area (TPSA) is 36.4 Å². The van der Waals surface area contributed by atoms with Gasteiger partial charge in [-0.05, 0) is 42.2 Å². The second-order valence-corrected chi connectivity index (χ2v) is 4.62. The van der Waals surface area contributed by atoms with Gasteiger partial charge in [-0.15, -0.1) is 0 Å². The Labute approximate surface area is 104 Å². The zero-order valence-electron chi connectivity index (χ0n) is 9.77. The lowest BCUT2D eigenvalue weighted by Gasteiger charge is -2.19. The van der Waals surface area contributed by atoms with Crippen LogP contribution in [-0.2, 0) is 0 Å². The first-order chi connectivity index (χ1) is 7.52. The number of halogens is 1. The Hall–Kier alpha value is -0.940. The second kappa shape index (κ2) is 5.96. The van der Waals surface area contributed by atoms with Crippen LogP contribution in [0.1, 0.15) is 10.4 Å². The molecule has 5 heteroatoms. The van der Waals surface area contributed by atoms with Crippen molar-refractivity contribution in [3.63, 3.8) is 0 Å². The van der Waals surface area contributed by atoms with Gasteiger partial charge in [0.25, 0.3) is 5.91 Å². The van der Waals surface area contributed by atoms with Gasteiger partial charge in [0.1, 0.15) is 4.60 Å². The summed E-state index contributed by atoms with van der Waals surface area (Å²) < 4.78 is 0.594. The Balaban J connectivity index is 2.67. The lowest BCUT2D eigenvalue weighted by atomic mass is 10.2. The molecule has 0 unspecified atom stereocenters. The van der Waals surface area contributed by atoms with E-state index in [1.807, 2.05) is 19.0 Å². The molecule has 1 rings (SSSR count). The van der Waals surface area contributed by atoms with Gasteiger partial charge in [-0.2, -0.15) is 0 Å². The van der Waals surface area contributed by atoms with Crippen LogP contribution >= 0.6 is 15.9 Å². The average molecular weight is 286 g/mol. The molecule has 0 radical (unpaired) electrons. The van der Waals surface area contributed by atoms with E-state index < -0.39 is 0 Å². The van der Waals surface area contributed by atoms with Crippen molar-refractivity contribution in [3.8, 4) is 0 Å². The quantitative estimate of drug-likeness (QED) is 0.787. The summed E-state index contributed by atoms with van der Waals surface area (Å²) in [5.41, 5.74) is 0.601. The molecule has 0 aromatic carbocycles. The van der Waals surface area contributed by atoms with Gasteiger partial charge >= 0.3 is 0 Å². The number of hydrogen-bond donors (Lipinski definition) is 0. The molecular formula is C11H16BrN3O. The fraction of sp³-hybridized carbons (Fsp3) is 0.455. The summed E-state index contributed by atoms with van der Waals surface area (Å²) in [6.07, 6.45) is 1.65. The number of aromatic nitrogens is 1. The minimum absolute atomic E-state index is 0.0122. The molecule has 0 bridgehead atoms. The maximum absolute atomic E-state index is 12.0. The molecule has 1 aromatic heterocycles. The Bertz CT molecular complexity index is 368. The first-order valence-electron chi connectivity index (χ1n) is 5.03. The summed E-state index contributed by atoms with van der Waals surface area (Å²) in [5.74, 6) is -0.0122. The molecule has 4 nitrogen and oxygen atoms in total. The molecule has 1 amide bonds. The van der Waals surface area contributed by atoms with Crippen LogP contribution < -0.4 is 0 Å². The van der Waals surface area contributed by atoms with Gasteiger partial charge < -0.3 is 9.80 Å². The standard InChI is InChI=1S/C11H16BrN3O/c1-14(2)7-8-15(3)11(16)9-5-4-6-13-10(9)12/h4-6H,7-8H2,1-3H3. The van der Waals surface area contributed by atoms with Crippen LogP contribution in [0.15, 0.2) is 22.9 Å². The zero-order valence-corrected chi connectivity index (χ0v) is 11.4. The first-order valence-corrected chi connectivity index (χ1v) is 5.82. The van der Waals surface area contributed by atoms with Gasteiger partial charge in [-0.1, -0.05) is 0 Å². The summed E-state index contributed by atoms with van der Waals surface area (Å²) >= 11 is 3.28. The predicted molar refractivity (Wildman–Crippen MR) is 67.5 cm³/mol. The monoisotopic (exact) mass is 285 g/mol. The van der Waals surface area contributed by atoms with E-state index in [1.165, 1.54) is 0 Å². The Morgan fingerprint density at radius 3 is 2.62 bits per heavy atom. The van der Waals surface area contributed by atoms with Crippen LogP contribution in [-0.4, -0.2) is 54.9 Å². The number of nitrogens with zero attached hydrogens (tertiary/aromatic N) is 3. The highest BCUT2D eigenvalue weighted by Crippen LogP contribution is 2.14. The summed E-state index contributed by atoms with van der Waals surface area (Å²) in [6.45, 7) is 1.55. The number of carbonyl (C=O) groups is 1. The number of carbonyl (C=O) groups excluding carboxylic acids is 1. The van der Waals surface area contributed by atoms with E-state index in [0.717, 1.165) is 6.54 Å². The van der Waals surface area contributed by atoms with Gasteiger partial charge in [-0.3, -0.25) is 4.79 Å². The Kier molecular flexibility index (Phi) is 4.89. The van der Waals surface area contributed by atoms with Crippen molar-refractivity contribution in [3.05, 3.63) is 28.5 Å². The van der Waals surface area contributed by atoms with Crippen molar-refractivity contribution in [1.29, 1.82) is 0 Å². The molecule has 0 fully saturated rings. The lowest BCUT2D eigenvalue weighted by Crippen LogP contribution is -2.33. The molecule has 0 atom stereocenters. The van der Waals surface area contributed by atoms with Crippen molar-refractivity contribution in [2.75, 3.05) is 34.2 Å². The third-order valence-electron chi connectivity index (χ3n) is 2.22. The number of hydrogen-bond acceptors (Lipinski definition) is 3. The molecule has 0 saturated heterocycles. The lowest BCUT2D eigenvalue weighted by molar-refractivity contribution is 0.0785. The Morgan fingerprint density at radius 1 is 1.38 bits per heavy atom. The first kappa shape index (κ1) is 13.1. The molecule has 0 aliphatic rings. The van der Waals surface area contributed by atoms with Crippen LogP contribution in [0.5, 0.6) is 0 Å². The highest BCUT2D eigenvalue weighted by molar-refractivity contribution is 9.10. The maximum Gasteiger partial charge on any atom is 0.256 e. The number of amides is 1. The number of likely N-dealkylation sites (N-methyl/N-ethyl adjacent to an activating group) is 2. The highest BCUT2D eigenvalue weighted by atomic mass is 79.9. The average Bonchev–Trinajstić information content (AvgIpc) is 2.25. The smallest absolute Gasteiger partial charge is 0.256 e.